The van der Waals surface area contributed by atoms with Gasteiger partial charge in [0.15, 0.2) is 16.7 Å². The number of hydrogen-bond donors (Lipinski definition) is 2. The van der Waals surface area contributed by atoms with Crippen molar-refractivity contribution in [2.45, 2.75) is 6.04 Å². The molecular formula is C10H7N3O3S2. The zero-order valence-corrected chi connectivity index (χ0v) is 10.5. The molecule has 0 bridgehead atoms. The van der Waals surface area contributed by atoms with Gasteiger partial charge in [0.1, 0.15) is 10.8 Å². The van der Waals surface area contributed by atoms with Crippen LogP contribution in [-0.4, -0.2) is 43.0 Å². The lowest BCUT2D eigenvalue weighted by atomic mass is 10.4. The van der Waals surface area contributed by atoms with E-state index < -0.39 is 12.0 Å². The van der Waals surface area contributed by atoms with Gasteiger partial charge >= 0.3 is 5.97 Å². The average Bonchev–Trinajstić information content (AvgIpc) is 2.93. The number of hydrogen-bond acceptors (Lipinski definition) is 7. The van der Waals surface area contributed by atoms with Crippen molar-refractivity contribution in [3.8, 4) is 5.75 Å². The number of nitrogens with zero attached hydrogens (tertiary/aromatic N) is 3. The fourth-order valence-electron chi connectivity index (χ4n) is 1.52. The van der Waals surface area contributed by atoms with Gasteiger partial charge in [-0.15, -0.1) is 23.1 Å². The Morgan fingerprint density at radius 1 is 1.50 bits per heavy atom. The smallest absolute Gasteiger partial charge is 0.329 e. The Bertz CT molecular complexity index is 667. The summed E-state index contributed by atoms with van der Waals surface area (Å²) in [6.45, 7) is 0. The number of aliphatic imine (C=N–C) groups is 1. The lowest BCUT2D eigenvalue weighted by Gasteiger charge is -1.93. The maximum Gasteiger partial charge on any atom is 0.329 e. The van der Waals surface area contributed by atoms with Crippen LogP contribution in [0.5, 0.6) is 5.75 Å². The second-order valence-electron chi connectivity index (χ2n) is 3.63. The van der Waals surface area contributed by atoms with Crippen molar-refractivity contribution in [1.29, 1.82) is 0 Å². The Hall–Kier alpha value is -1.67. The Balaban J connectivity index is 2.00. The number of aliphatic carboxylic acids is 1. The summed E-state index contributed by atoms with van der Waals surface area (Å²) in [4.78, 5) is 23.2. The number of aromatic hydroxyl groups is 1. The molecule has 2 aromatic heterocycles. The average molecular weight is 281 g/mol. The molecule has 1 aliphatic rings. The topological polar surface area (TPSA) is 95.7 Å². The van der Waals surface area contributed by atoms with Crippen molar-refractivity contribution in [3.63, 3.8) is 0 Å². The van der Waals surface area contributed by atoms with Crippen LogP contribution < -0.4 is 0 Å². The summed E-state index contributed by atoms with van der Waals surface area (Å²) >= 11 is 2.72. The molecule has 3 heterocycles. The fraction of sp³-hybridized carbons (Fsp3) is 0.200. The highest BCUT2D eigenvalue weighted by molar-refractivity contribution is 8.15. The lowest BCUT2D eigenvalue weighted by Crippen LogP contribution is -2.17. The predicted molar refractivity (Wildman–Crippen MR) is 69.5 cm³/mol. The first-order chi connectivity index (χ1) is 8.63. The molecule has 0 fully saturated rings. The first-order valence-corrected chi connectivity index (χ1v) is 6.83. The van der Waals surface area contributed by atoms with Crippen molar-refractivity contribution < 1.29 is 15.0 Å². The van der Waals surface area contributed by atoms with Crippen LogP contribution in [0.3, 0.4) is 0 Å². The highest BCUT2D eigenvalue weighted by atomic mass is 32.2. The number of thioether (sulfide) groups is 1. The van der Waals surface area contributed by atoms with Crippen molar-refractivity contribution in [3.05, 3.63) is 17.3 Å². The van der Waals surface area contributed by atoms with E-state index in [0.717, 1.165) is 4.70 Å². The van der Waals surface area contributed by atoms with Crippen LogP contribution in [0.25, 0.3) is 10.3 Å². The number of thiazole rings is 1. The number of fused-ring (bicyclic) bond motifs is 1. The molecule has 0 spiro atoms. The molecule has 1 atom stereocenters. The molecule has 18 heavy (non-hydrogen) atoms. The summed E-state index contributed by atoms with van der Waals surface area (Å²) < 4.78 is 0.757. The number of carbonyl (C=O) groups is 1. The van der Waals surface area contributed by atoms with E-state index in [9.17, 15) is 9.90 Å². The molecule has 2 N–H and O–H groups in total. The molecule has 1 unspecified atom stereocenters. The summed E-state index contributed by atoms with van der Waals surface area (Å²) in [7, 11) is 0. The maximum atomic E-state index is 10.8. The monoisotopic (exact) mass is 281 g/mol. The molecule has 0 amide bonds. The molecule has 0 aliphatic carbocycles. The summed E-state index contributed by atoms with van der Waals surface area (Å²) in [5.74, 6) is -0.407. The third kappa shape index (κ3) is 1.93. The minimum absolute atomic E-state index is 0.0853. The molecular weight excluding hydrogens is 274 g/mol. The van der Waals surface area contributed by atoms with Crippen molar-refractivity contribution in [2.75, 3.05) is 5.75 Å². The fourth-order valence-corrected chi connectivity index (χ4v) is 3.57. The van der Waals surface area contributed by atoms with Gasteiger partial charge in [-0.25, -0.2) is 14.8 Å². The quantitative estimate of drug-likeness (QED) is 0.862. The van der Waals surface area contributed by atoms with E-state index in [1.54, 1.807) is 6.07 Å². The molecule has 3 rings (SSSR count). The van der Waals surface area contributed by atoms with Gasteiger partial charge in [0.05, 0.1) is 10.9 Å². The first-order valence-electron chi connectivity index (χ1n) is 5.03. The Labute approximate surface area is 109 Å². The van der Waals surface area contributed by atoms with Gasteiger partial charge in [-0.1, -0.05) is 0 Å². The Kier molecular flexibility index (Phi) is 2.67. The molecule has 6 nitrogen and oxygen atoms in total. The van der Waals surface area contributed by atoms with Crippen molar-refractivity contribution in [2.24, 2.45) is 4.99 Å². The molecule has 0 radical (unpaired) electrons. The molecule has 92 valence electrons. The number of pyridine rings is 1. The minimum Gasteiger partial charge on any atom is -0.506 e. The Morgan fingerprint density at radius 2 is 2.33 bits per heavy atom. The number of aromatic nitrogens is 2. The number of rotatable bonds is 2. The van der Waals surface area contributed by atoms with Gasteiger partial charge in [0.2, 0.25) is 0 Å². The largest absolute Gasteiger partial charge is 0.506 e. The zero-order chi connectivity index (χ0) is 12.7. The molecule has 0 saturated carbocycles. The van der Waals surface area contributed by atoms with Gasteiger partial charge in [0, 0.05) is 11.8 Å². The van der Waals surface area contributed by atoms with Crippen molar-refractivity contribution >= 4 is 44.5 Å². The van der Waals surface area contributed by atoms with E-state index in [1.165, 1.54) is 29.3 Å². The van der Waals surface area contributed by atoms with Crippen LogP contribution in [-0.2, 0) is 4.79 Å². The molecule has 2 aromatic rings. The maximum absolute atomic E-state index is 10.8. The standard InChI is InChI=1S/C10H7N3O3S2/c14-4-1-6-7(11-2-4)13-9(18-6)8-12-5(3-17-8)10(15)16/h1-2,5,14H,3H2,(H,15,16). The van der Waals surface area contributed by atoms with E-state index in [0.29, 0.717) is 21.5 Å². The van der Waals surface area contributed by atoms with E-state index >= 15 is 0 Å². The van der Waals surface area contributed by atoms with Crippen LogP contribution in [0.4, 0.5) is 0 Å². The van der Waals surface area contributed by atoms with Crippen LogP contribution in [0.2, 0.25) is 0 Å². The summed E-state index contributed by atoms with van der Waals surface area (Å²) in [6.07, 6.45) is 1.33. The first kappa shape index (κ1) is 11.4. The minimum atomic E-state index is -0.922. The van der Waals surface area contributed by atoms with Crippen LogP contribution in [0.15, 0.2) is 17.3 Å². The zero-order valence-electron chi connectivity index (χ0n) is 8.90. The van der Waals surface area contributed by atoms with Gasteiger partial charge in [-0.3, -0.25) is 4.99 Å². The van der Waals surface area contributed by atoms with Gasteiger partial charge in [-0.05, 0) is 0 Å². The predicted octanol–water partition coefficient (Wildman–Crippen LogP) is 1.34. The highest BCUT2D eigenvalue weighted by Crippen LogP contribution is 2.30. The molecule has 8 heteroatoms. The van der Waals surface area contributed by atoms with E-state index in [-0.39, 0.29) is 5.75 Å². The lowest BCUT2D eigenvalue weighted by molar-refractivity contribution is -0.137. The van der Waals surface area contributed by atoms with Crippen LogP contribution in [0.1, 0.15) is 5.01 Å². The highest BCUT2D eigenvalue weighted by Gasteiger charge is 2.26. The third-order valence-corrected chi connectivity index (χ3v) is 4.53. The number of carboxylic acid groups (broad SMARTS) is 1. The summed E-state index contributed by atoms with van der Waals surface area (Å²) in [5.41, 5.74) is 0.537. The van der Waals surface area contributed by atoms with Crippen molar-refractivity contribution in [1.82, 2.24) is 9.97 Å². The van der Waals surface area contributed by atoms with E-state index in [2.05, 4.69) is 15.0 Å². The summed E-state index contributed by atoms with van der Waals surface area (Å²) in [5, 5.41) is 19.5. The molecule has 0 saturated heterocycles. The van der Waals surface area contributed by atoms with Gasteiger partial charge < -0.3 is 10.2 Å². The second kappa shape index (κ2) is 4.21. The van der Waals surface area contributed by atoms with Crippen LogP contribution >= 0.6 is 23.1 Å². The Morgan fingerprint density at radius 3 is 3.06 bits per heavy atom. The van der Waals surface area contributed by atoms with E-state index in [4.69, 9.17) is 5.11 Å². The molecule has 1 aliphatic heterocycles. The van der Waals surface area contributed by atoms with Gasteiger partial charge in [0.25, 0.3) is 0 Å². The van der Waals surface area contributed by atoms with Crippen LogP contribution in [0, 0.1) is 0 Å². The van der Waals surface area contributed by atoms with E-state index in [1.807, 2.05) is 0 Å². The van der Waals surface area contributed by atoms with Gasteiger partial charge in [-0.2, -0.15) is 0 Å². The summed E-state index contributed by atoms with van der Waals surface area (Å²) in [6, 6.07) is 0.886. The number of carboxylic acids is 1. The molecule has 0 aromatic carbocycles. The SMILES string of the molecule is O=C(O)C1CSC(c2nc3ncc(O)cc3s2)=N1. The second-order valence-corrected chi connectivity index (χ2v) is 5.67. The third-order valence-electron chi connectivity index (χ3n) is 2.35. The normalized spacial score (nSPS) is 19.1.